The van der Waals surface area contributed by atoms with Gasteiger partial charge in [-0.1, -0.05) is 60.2 Å². The Hall–Kier alpha value is -3.60. The number of amides is 3. The van der Waals surface area contributed by atoms with Crippen LogP contribution in [0.4, 0.5) is 4.79 Å². The zero-order chi connectivity index (χ0) is 20.4. The second-order valence-corrected chi connectivity index (χ2v) is 7.00. The van der Waals surface area contributed by atoms with Crippen LogP contribution in [0.2, 0.25) is 0 Å². The maximum atomic E-state index is 12.9. The van der Waals surface area contributed by atoms with Crippen molar-refractivity contribution >= 4 is 28.8 Å². The Morgan fingerprint density at radius 2 is 1.86 bits per heavy atom. The number of nitrogens with zero attached hydrogens (tertiary/aromatic N) is 1. The molecule has 3 amide bonds. The van der Waals surface area contributed by atoms with Gasteiger partial charge < -0.3 is 10.1 Å². The summed E-state index contributed by atoms with van der Waals surface area (Å²) in [7, 11) is 0. The number of rotatable bonds is 5. The van der Waals surface area contributed by atoms with Gasteiger partial charge in [-0.05, 0) is 42.3 Å². The third-order valence-corrected chi connectivity index (χ3v) is 4.90. The number of urea groups is 1. The highest BCUT2D eigenvalue weighted by molar-refractivity contribution is 6.14. The van der Waals surface area contributed by atoms with Gasteiger partial charge in [0.25, 0.3) is 5.91 Å². The number of hydrogen-bond acceptors (Lipinski definition) is 3. The Labute approximate surface area is 169 Å². The number of carbonyl (C=O) groups excluding carboxylic acids is 2. The smallest absolute Gasteiger partial charge is 0.329 e. The van der Waals surface area contributed by atoms with E-state index in [9.17, 15) is 9.59 Å². The molecule has 0 radical (unpaired) electrons. The maximum Gasteiger partial charge on any atom is 0.329 e. The highest BCUT2D eigenvalue weighted by Crippen LogP contribution is 2.31. The van der Waals surface area contributed by atoms with Crippen LogP contribution in [0.25, 0.3) is 16.8 Å². The van der Waals surface area contributed by atoms with Crippen LogP contribution in [-0.2, 0) is 11.3 Å². The van der Waals surface area contributed by atoms with E-state index in [1.54, 1.807) is 6.08 Å². The first-order chi connectivity index (χ1) is 14.1. The minimum absolute atomic E-state index is 0.234. The molecule has 1 heterocycles. The molecule has 4 rings (SSSR count). The van der Waals surface area contributed by atoms with Crippen LogP contribution in [0.15, 0.2) is 66.4 Å². The van der Waals surface area contributed by atoms with Gasteiger partial charge in [-0.2, -0.15) is 0 Å². The van der Waals surface area contributed by atoms with Crippen molar-refractivity contribution in [1.82, 2.24) is 10.2 Å². The Balaban J connectivity index is 1.71. The van der Waals surface area contributed by atoms with Crippen LogP contribution in [-0.4, -0.2) is 23.4 Å². The topological polar surface area (TPSA) is 58.6 Å². The lowest BCUT2D eigenvalue weighted by Gasteiger charge is -2.12. The first-order valence-corrected chi connectivity index (χ1v) is 9.61. The summed E-state index contributed by atoms with van der Waals surface area (Å²) in [6, 6.07) is 19.1. The van der Waals surface area contributed by atoms with Crippen LogP contribution in [0.3, 0.4) is 0 Å². The largest absolute Gasteiger partial charge is 0.493 e. The van der Waals surface area contributed by atoms with E-state index >= 15 is 0 Å². The molecule has 29 heavy (non-hydrogen) atoms. The molecular formula is C24H22N2O3. The van der Waals surface area contributed by atoms with E-state index in [0.717, 1.165) is 27.5 Å². The summed E-state index contributed by atoms with van der Waals surface area (Å²) in [5.41, 5.74) is 3.03. The van der Waals surface area contributed by atoms with Crippen LogP contribution in [0.1, 0.15) is 23.6 Å². The van der Waals surface area contributed by atoms with E-state index < -0.39 is 6.03 Å². The Morgan fingerprint density at radius 3 is 2.66 bits per heavy atom. The number of carbonyl (C=O) groups is 2. The lowest BCUT2D eigenvalue weighted by Crippen LogP contribution is -2.30. The third-order valence-electron chi connectivity index (χ3n) is 4.90. The van der Waals surface area contributed by atoms with Crippen molar-refractivity contribution in [1.29, 1.82) is 0 Å². The lowest BCUT2D eigenvalue weighted by molar-refractivity contribution is -0.123. The van der Waals surface area contributed by atoms with Gasteiger partial charge >= 0.3 is 6.03 Å². The molecule has 0 unspecified atom stereocenters. The Bertz CT molecular complexity index is 1130. The first-order valence-electron chi connectivity index (χ1n) is 9.61. The number of imide groups is 1. The van der Waals surface area contributed by atoms with Gasteiger partial charge in [0.2, 0.25) is 0 Å². The van der Waals surface area contributed by atoms with Gasteiger partial charge in [-0.3, -0.25) is 9.69 Å². The summed E-state index contributed by atoms with van der Waals surface area (Å²) in [5.74, 6) is 0.338. The monoisotopic (exact) mass is 386 g/mol. The number of aryl methyl sites for hydroxylation is 1. The van der Waals surface area contributed by atoms with Gasteiger partial charge in [0.05, 0.1) is 13.2 Å². The SMILES string of the molecule is CCOc1ccc2ccccc2c1/C=C1\NC(=O)N(Cc2cccc(C)c2)C1=O. The molecule has 0 aromatic heterocycles. The molecule has 1 aliphatic rings. The van der Waals surface area contributed by atoms with Crippen LogP contribution >= 0.6 is 0 Å². The fourth-order valence-electron chi connectivity index (χ4n) is 3.56. The standard InChI is InChI=1S/C24H22N2O3/c1-3-29-22-12-11-18-9-4-5-10-19(18)20(22)14-21-23(27)26(24(28)25-21)15-17-8-6-7-16(2)13-17/h4-14H,3,15H2,1-2H3,(H,25,28)/b21-14-. The molecule has 5 nitrogen and oxygen atoms in total. The minimum atomic E-state index is -0.416. The number of fused-ring (bicyclic) bond motifs is 1. The number of hydrogen-bond donors (Lipinski definition) is 1. The third kappa shape index (κ3) is 3.72. The van der Waals surface area contributed by atoms with Gasteiger partial charge in [-0.15, -0.1) is 0 Å². The zero-order valence-corrected chi connectivity index (χ0v) is 16.4. The molecule has 0 spiro atoms. The van der Waals surface area contributed by atoms with Crippen molar-refractivity contribution in [2.24, 2.45) is 0 Å². The normalized spacial score (nSPS) is 15.2. The molecule has 1 fully saturated rings. The quantitative estimate of drug-likeness (QED) is 0.513. The summed E-state index contributed by atoms with van der Waals surface area (Å²) in [4.78, 5) is 26.6. The molecule has 1 N–H and O–H groups in total. The Kier molecular flexibility index (Phi) is 5.04. The van der Waals surface area contributed by atoms with Gasteiger partial charge in [0.15, 0.2) is 0 Å². The summed E-state index contributed by atoms with van der Waals surface area (Å²) >= 11 is 0. The van der Waals surface area contributed by atoms with E-state index in [0.29, 0.717) is 12.4 Å². The van der Waals surface area contributed by atoms with Crippen molar-refractivity contribution in [3.8, 4) is 5.75 Å². The highest BCUT2D eigenvalue weighted by atomic mass is 16.5. The fraction of sp³-hybridized carbons (Fsp3) is 0.167. The van der Waals surface area contributed by atoms with Gasteiger partial charge in [0.1, 0.15) is 11.4 Å². The molecule has 0 atom stereocenters. The lowest BCUT2D eigenvalue weighted by atomic mass is 10.0. The summed E-state index contributed by atoms with van der Waals surface area (Å²) < 4.78 is 5.77. The first kappa shape index (κ1) is 18.7. The van der Waals surface area contributed by atoms with Crippen LogP contribution < -0.4 is 10.1 Å². The van der Waals surface area contributed by atoms with E-state index in [1.165, 1.54) is 4.90 Å². The average molecular weight is 386 g/mol. The van der Waals surface area contributed by atoms with Gasteiger partial charge in [0, 0.05) is 5.56 Å². The van der Waals surface area contributed by atoms with E-state index in [2.05, 4.69) is 5.32 Å². The van der Waals surface area contributed by atoms with E-state index in [4.69, 9.17) is 4.74 Å². The van der Waals surface area contributed by atoms with Crippen molar-refractivity contribution in [2.45, 2.75) is 20.4 Å². The predicted octanol–water partition coefficient (Wildman–Crippen LogP) is 4.64. The fourth-order valence-corrected chi connectivity index (χ4v) is 3.56. The molecule has 0 saturated carbocycles. The zero-order valence-electron chi connectivity index (χ0n) is 16.4. The number of ether oxygens (including phenoxy) is 1. The van der Waals surface area contributed by atoms with Crippen molar-refractivity contribution < 1.29 is 14.3 Å². The molecule has 5 heteroatoms. The molecule has 3 aromatic carbocycles. The van der Waals surface area contributed by atoms with Crippen LogP contribution in [0, 0.1) is 6.92 Å². The molecule has 1 saturated heterocycles. The van der Waals surface area contributed by atoms with Crippen LogP contribution in [0.5, 0.6) is 5.75 Å². The second kappa shape index (κ2) is 7.80. The molecule has 146 valence electrons. The van der Waals surface area contributed by atoms with Gasteiger partial charge in [-0.25, -0.2) is 4.79 Å². The second-order valence-electron chi connectivity index (χ2n) is 7.00. The van der Waals surface area contributed by atoms with Crippen molar-refractivity contribution in [3.05, 3.63) is 83.1 Å². The molecular weight excluding hydrogens is 364 g/mol. The minimum Gasteiger partial charge on any atom is -0.493 e. The summed E-state index contributed by atoms with van der Waals surface area (Å²) in [6.07, 6.45) is 1.71. The molecule has 0 aliphatic carbocycles. The van der Waals surface area contributed by atoms with E-state index in [1.807, 2.05) is 74.5 Å². The molecule has 3 aromatic rings. The number of benzene rings is 3. The van der Waals surface area contributed by atoms with Crippen molar-refractivity contribution in [3.63, 3.8) is 0 Å². The summed E-state index contributed by atoms with van der Waals surface area (Å²) in [5, 5.41) is 4.72. The number of nitrogens with one attached hydrogen (secondary N) is 1. The van der Waals surface area contributed by atoms with Crippen molar-refractivity contribution in [2.75, 3.05) is 6.61 Å². The Morgan fingerprint density at radius 1 is 1.03 bits per heavy atom. The summed E-state index contributed by atoms with van der Waals surface area (Å²) in [6.45, 7) is 4.64. The molecule has 0 bridgehead atoms. The average Bonchev–Trinajstić information content (AvgIpc) is 2.97. The highest BCUT2D eigenvalue weighted by Gasteiger charge is 2.33. The predicted molar refractivity (Wildman–Crippen MR) is 113 cm³/mol. The maximum absolute atomic E-state index is 12.9. The van der Waals surface area contributed by atoms with E-state index in [-0.39, 0.29) is 18.1 Å². The molecule has 1 aliphatic heterocycles.